The fraction of sp³-hybridized carbons (Fsp3) is 0.912. The van der Waals surface area contributed by atoms with E-state index in [1.807, 2.05) is 39.9 Å². The molecular formula is C34H62N4O8. The summed E-state index contributed by atoms with van der Waals surface area (Å²) < 4.78 is 24.9. The average molecular weight is 655 g/mol. The van der Waals surface area contributed by atoms with E-state index in [-0.39, 0.29) is 42.3 Å². The second-order valence-electron chi connectivity index (χ2n) is 15.2. The van der Waals surface area contributed by atoms with Gasteiger partial charge in [-0.3, -0.25) is 24.2 Å². The predicted molar refractivity (Wildman–Crippen MR) is 175 cm³/mol. The average Bonchev–Trinajstić information content (AvgIpc) is 2.97. The number of esters is 1. The van der Waals surface area contributed by atoms with Crippen molar-refractivity contribution in [3.8, 4) is 0 Å². The van der Waals surface area contributed by atoms with E-state index in [1.165, 1.54) is 0 Å². The van der Waals surface area contributed by atoms with E-state index in [2.05, 4.69) is 22.0 Å². The summed E-state index contributed by atoms with van der Waals surface area (Å²) in [6, 6.07) is -0.0594. The summed E-state index contributed by atoms with van der Waals surface area (Å²) >= 11 is 0. The number of nitrogens with zero attached hydrogens (tertiary/aromatic N) is 3. The number of methoxy groups -OCH3 is 1. The molecule has 0 spiro atoms. The van der Waals surface area contributed by atoms with E-state index in [9.17, 15) is 19.5 Å². The van der Waals surface area contributed by atoms with Crippen molar-refractivity contribution < 1.29 is 38.4 Å². The molecular weight excluding hydrogens is 592 g/mol. The van der Waals surface area contributed by atoms with Crippen molar-refractivity contribution in [1.82, 2.24) is 20.0 Å². The molecule has 9 atom stereocenters. The summed E-state index contributed by atoms with van der Waals surface area (Å²) in [6.07, 6.45) is 0.0724. The third-order valence-electron chi connectivity index (χ3n) is 10.2. The third kappa shape index (κ3) is 9.93. The van der Waals surface area contributed by atoms with Gasteiger partial charge in [0.15, 0.2) is 12.1 Å². The summed E-state index contributed by atoms with van der Waals surface area (Å²) in [4.78, 5) is 46.0. The van der Waals surface area contributed by atoms with E-state index in [1.54, 1.807) is 27.9 Å². The van der Waals surface area contributed by atoms with Gasteiger partial charge in [0.2, 0.25) is 5.91 Å². The molecule has 3 heterocycles. The summed E-state index contributed by atoms with van der Waals surface area (Å²) in [5.74, 6) is -1.55. The van der Waals surface area contributed by atoms with Gasteiger partial charge in [-0.05, 0) is 87.0 Å². The Hall–Kier alpha value is -1.67. The predicted octanol–water partition coefficient (Wildman–Crippen LogP) is 1.78. The molecule has 3 rings (SSSR count). The Morgan fingerprint density at radius 3 is 2.46 bits per heavy atom. The quantitative estimate of drug-likeness (QED) is 0.279. The molecule has 0 aromatic heterocycles. The maximum Gasteiger partial charge on any atom is 0.319 e. The first-order valence-electron chi connectivity index (χ1n) is 17.1. The van der Waals surface area contributed by atoms with Gasteiger partial charge < -0.3 is 34.3 Å². The molecule has 0 radical (unpaired) electrons. The number of aliphatic hydroxyl groups is 1. The number of amides is 1. The molecule has 46 heavy (non-hydrogen) atoms. The fourth-order valence-corrected chi connectivity index (χ4v) is 7.59. The van der Waals surface area contributed by atoms with Crippen molar-refractivity contribution in [3.05, 3.63) is 0 Å². The number of piperazine rings is 1. The van der Waals surface area contributed by atoms with Crippen molar-refractivity contribution in [3.63, 3.8) is 0 Å². The van der Waals surface area contributed by atoms with Gasteiger partial charge in [0.05, 0.1) is 24.4 Å². The lowest BCUT2D eigenvalue weighted by molar-refractivity contribution is -0.297. The van der Waals surface area contributed by atoms with Crippen LogP contribution in [0.3, 0.4) is 0 Å². The number of carbonyl (C=O) groups excluding carboxylic acids is 3. The number of nitrogens with one attached hydrogen (secondary N) is 1. The van der Waals surface area contributed by atoms with Crippen LogP contribution in [0.4, 0.5) is 0 Å². The highest BCUT2D eigenvalue weighted by Gasteiger charge is 2.51. The highest BCUT2D eigenvalue weighted by Crippen LogP contribution is 2.38. The molecule has 12 nitrogen and oxygen atoms in total. The van der Waals surface area contributed by atoms with Gasteiger partial charge in [0, 0.05) is 51.2 Å². The van der Waals surface area contributed by atoms with E-state index in [0.717, 1.165) is 25.9 Å². The smallest absolute Gasteiger partial charge is 0.319 e. The number of likely N-dealkylation sites (N-methyl/N-ethyl adjacent to an activating group) is 1. The normalized spacial score (nSPS) is 37.6. The number of hydrogen-bond donors (Lipinski definition) is 2. The highest BCUT2D eigenvalue weighted by molar-refractivity contribution is 6.04. The van der Waals surface area contributed by atoms with Gasteiger partial charge in [-0.15, -0.1) is 0 Å². The van der Waals surface area contributed by atoms with Crippen LogP contribution in [-0.2, 0) is 33.3 Å². The van der Waals surface area contributed by atoms with Crippen molar-refractivity contribution >= 4 is 17.7 Å². The number of ketones is 1. The lowest BCUT2D eigenvalue weighted by atomic mass is 9.74. The van der Waals surface area contributed by atoms with Gasteiger partial charge in [-0.25, -0.2) is 0 Å². The first-order chi connectivity index (χ1) is 21.5. The van der Waals surface area contributed by atoms with Crippen molar-refractivity contribution in [2.24, 2.45) is 23.2 Å². The van der Waals surface area contributed by atoms with Crippen LogP contribution in [0.5, 0.6) is 0 Å². The third-order valence-corrected chi connectivity index (χ3v) is 10.2. The number of aliphatic hydroxyl groups excluding tert-OH is 1. The number of cyclic esters (lactones) is 1. The Morgan fingerprint density at radius 2 is 1.83 bits per heavy atom. The van der Waals surface area contributed by atoms with Gasteiger partial charge >= 0.3 is 5.97 Å². The second kappa shape index (κ2) is 16.6. The largest absolute Gasteiger partial charge is 0.463 e. The van der Waals surface area contributed by atoms with E-state index < -0.39 is 41.4 Å². The fourth-order valence-electron chi connectivity index (χ4n) is 7.59. The Bertz CT molecular complexity index is 1030. The molecule has 2 N–H and O–H groups in total. The molecule has 12 heteroatoms. The second-order valence-corrected chi connectivity index (χ2v) is 15.2. The molecule has 3 aliphatic heterocycles. The van der Waals surface area contributed by atoms with Crippen LogP contribution in [-0.4, -0.2) is 148 Å². The van der Waals surface area contributed by atoms with Crippen LogP contribution < -0.4 is 5.32 Å². The number of hydrogen-bond acceptors (Lipinski definition) is 11. The van der Waals surface area contributed by atoms with Gasteiger partial charge in [0.1, 0.15) is 18.1 Å². The SMILES string of the molecule is CO[C@]1(C)C[C@@H](C)CN(C)[C@@H](CCCN2CCNC(=O)C2)COC(=O)C(C)(C)C(=O)[C@H](C)[C@H]1O[C@@H]1O[C@H](C)C[C@H](CN(C)C)[C@H]1O. The summed E-state index contributed by atoms with van der Waals surface area (Å²) in [7, 11) is 7.61. The van der Waals surface area contributed by atoms with Crippen LogP contribution in [0.1, 0.15) is 67.2 Å². The van der Waals surface area contributed by atoms with Crippen molar-refractivity contribution in [1.29, 1.82) is 0 Å². The Balaban J connectivity index is 1.87. The topological polar surface area (TPSA) is 130 Å². The number of Topliss-reactive ketones (excluding diaryl/α,β-unsaturated/α-hetero) is 1. The standard InChI is InChI=1S/C34H62N4O8/c1-22-17-34(6,43-10)30(46-31-28(40)25(19-36(7)8)16-23(2)45-31)24(3)29(41)33(4,5)32(42)44-21-26(37(9)18-22)12-11-14-38-15-13-35-27(39)20-38/h22-26,28,30-31,40H,11-21H2,1-10H3,(H,35,39)/t22-,23-,24+,25-,26+,28-,30-,31+,34-/m1/s1. The minimum atomic E-state index is -1.44. The van der Waals surface area contributed by atoms with Crippen LogP contribution in [0.15, 0.2) is 0 Å². The number of carbonyl (C=O) groups is 3. The Morgan fingerprint density at radius 1 is 1.13 bits per heavy atom. The lowest BCUT2D eigenvalue weighted by Crippen LogP contribution is -2.57. The molecule has 3 saturated heterocycles. The van der Waals surface area contributed by atoms with Gasteiger partial charge in [0.25, 0.3) is 0 Å². The lowest BCUT2D eigenvalue weighted by Gasteiger charge is -2.46. The highest BCUT2D eigenvalue weighted by atomic mass is 16.7. The van der Waals surface area contributed by atoms with E-state index >= 15 is 0 Å². The summed E-state index contributed by atoms with van der Waals surface area (Å²) in [5, 5.41) is 14.3. The summed E-state index contributed by atoms with van der Waals surface area (Å²) in [5.41, 5.74) is -2.37. The maximum atomic E-state index is 14.2. The molecule has 266 valence electrons. The molecule has 1 amide bonds. The zero-order valence-corrected chi connectivity index (χ0v) is 30.0. The van der Waals surface area contributed by atoms with Crippen LogP contribution in [0, 0.1) is 23.2 Å². The number of ether oxygens (including phenoxy) is 4. The van der Waals surface area contributed by atoms with Crippen LogP contribution in [0.25, 0.3) is 0 Å². The molecule has 0 bridgehead atoms. The first-order valence-corrected chi connectivity index (χ1v) is 17.1. The monoisotopic (exact) mass is 654 g/mol. The zero-order chi connectivity index (χ0) is 34.4. The zero-order valence-electron chi connectivity index (χ0n) is 30.0. The Labute approximate surface area is 276 Å². The molecule has 3 fully saturated rings. The Kier molecular flexibility index (Phi) is 14.0. The molecule has 0 saturated carbocycles. The minimum Gasteiger partial charge on any atom is -0.463 e. The minimum absolute atomic E-state index is 0.0465. The number of rotatable bonds is 9. The molecule has 0 aromatic carbocycles. The van der Waals surface area contributed by atoms with Gasteiger partial charge in [-0.2, -0.15) is 0 Å². The molecule has 0 aliphatic carbocycles. The van der Waals surface area contributed by atoms with E-state index in [4.69, 9.17) is 18.9 Å². The maximum absolute atomic E-state index is 14.2. The van der Waals surface area contributed by atoms with E-state index in [0.29, 0.717) is 39.0 Å². The first kappa shape index (κ1) is 38.8. The summed E-state index contributed by atoms with van der Waals surface area (Å²) in [6.45, 7) is 15.3. The van der Waals surface area contributed by atoms with Crippen LogP contribution >= 0.6 is 0 Å². The molecule has 3 aliphatic rings. The van der Waals surface area contributed by atoms with Crippen LogP contribution in [0.2, 0.25) is 0 Å². The molecule has 0 unspecified atom stereocenters. The van der Waals surface area contributed by atoms with Crippen molar-refractivity contribution in [2.45, 2.75) is 103 Å². The van der Waals surface area contributed by atoms with Crippen molar-refractivity contribution in [2.75, 3.05) is 74.1 Å². The molecule has 0 aromatic rings. The van der Waals surface area contributed by atoms with Gasteiger partial charge in [-0.1, -0.05) is 13.8 Å².